The maximum atomic E-state index is 9.22. The van der Waals surface area contributed by atoms with E-state index < -0.39 is 0 Å². The lowest BCUT2D eigenvalue weighted by Crippen LogP contribution is -1.76. The Bertz CT molecular complexity index is 571. The van der Waals surface area contributed by atoms with Crippen molar-refractivity contribution in [2.75, 3.05) is 0 Å². The predicted octanol–water partition coefficient (Wildman–Crippen LogP) is 4.46. The van der Waals surface area contributed by atoms with E-state index >= 15 is 0 Å². The number of hydrogen-bond acceptors (Lipinski definition) is 2. The first-order valence-corrected chi connectivity index (χ1v) is 5.90. The Kier molecular flexibility index (Phi) is 5.42. The van der Waals surface area contributed by atoms with Crippen molar-refractivity contribution in [3.63, 3.8) is 0 Å². The van der Waals surface area contributed by atoms with E-state index in [1.807, 2.05) is 25.1 Å². The molecular formula is C17H18O2. The van der Waals surface area contributed by atoms with E-state index in [2.05, 4.69) is 13.2 Å². The van der Waals surface area contributed by atoms with Crippen LogP contribution in [0.5, 0.6) is 11.5 Å². The van der Waals surface area contributed by atoms with Gasteiger partial charge >= 0.3 is 0 Å². The molecule has 0 saturated carbocycles. The minimum atomic E-state index is 0.285. The molecule has 0 unspecified atom stereocenters. The molecule has 0 radical (unpaired) electrons. The lowest BCUT2D eigenvalue weighted by molar-refractivity contribution is 0.473. The minimum absolute atomic E-state index is 0.285. The SMILES string of the molecule is C=C(C)c1ccccc1O.C=Cc1cccc(O)c1. The molecule has 98 valence electrons. The van der Waals surface area contributed by atoms with Crippen molar-refractivity contribution in [1.82, 2.24) is 0 Å². The fraction of sp³-hybridized carbons (Fsp3) is 0.0588. The van der Waals surface area contributed by atoms with Gasteiger partial charge in [0, 0.05) is 5.56 Å². The second-order valence-corrected chi connectivity index (χ2v) is 4.10. The topological polar surface area (TPSA) is 40.5 Å². The van der Waals surface area contributed by atoms with Gasteiger partial charge in [0.05, 0.1) is 0 Å². The smallest absolute Gasteiger partial charge is 0.123 e. The Morgan fingerprint density at radius 3 is 2.16 bits per heavy atom. The fourth-order valence-electron chi connectivity index (χ4n) is 1.49. The fourth-order valence-corrected chi connectivity index (χ4v) is 1.49. The van der Waals surface area contributed by atoms with Crippen molar-refractivity contribution in [1.29, 1.82) is 0 Å². The van der Waals surface area contributed by atoms with Gasteiger partial charge in [-0.2, -0.15) is 0 Å². The summed E-state index contributed by atoms with van der Waals surface area (Å²) in [6, 6.07) is 14.1. The molecule has 0 bridgehead atoms. The van der Waals surface area contributed by atoms with Crippen LogP contribution in [-0.4, -0.2) is 10.2 Å². The van der Waals surface area contributed by atoms with E-state index in [0.29, 0.717) is 5.75 Å². The third-order valence-electron chi connectivity index (χ3n) is 2.47. The molecule has 0 atom stereocenters. The normalized spacial score (nSPS) is 9.11. The average Bonchev–Trinajstić information content (AvgIpc) is 2.39. The third kappa shape index (κ3) is 4.72. The number of hydrogen-bond donors (Lipinski definition) is 2. The average molecular weight is 254 g/mol. The highest BCUT2D eigenvalue weighted by molar-refractivity contribution is 5.66. The summed E-state index contributed by atoms with van der Waals surface area (Å²) < 4.78 is 0. The standard InChI is InChI=1S/C9H10O.C8H8O/c1-7(2)8-5-3-4-6-9(8)10;1-2-7-4-3-5-8(9)6-7/h3-6,10H,1H2,2H3;2-6,9H,1H2. The molecule has 2 aromatic carbocycles. The Hall–Kier alpha value is -2.48. The number of para-hydroxylation sites is 1. The van der Waals surface area contributed by atoms with E-state index in [4.69, 9.17) is 5.11 Å². The summed E-state index contributed by atoms with van der Waals surface area (Å²) in [4.78, 5) is 0. The minimum Gasteiger partial charge on any atom is -0.508 e. The summed E-state index contributed by atoms with van der Waals surface area (Å²) in [6.45, 7) is 9.16. The van der Waals surface area contributed by atoms with Gasteiger partial charge in [-0.15, -0.1) is 0 Å². The van der Waals surface area contributed by atoms with Crippen molar-refractivity contribution in [2.24, 2.45) is 0 Å². The van der Waals surface area contributed by atoms with Crippen LogP contribution in [0.25, 0.3) is 11.6 Å². The molecule has 19 heavy (non-hydrogen) atoms. The Labute approximate surface area is 114 Å². The van der Waals surface area contributed by atoms with Crippen LogP contribution >= 0.6 is 0 Å². The Morgan fingerprint density at radius 2 is 1.74 bits per heavy atom. The molecular weight excluding hydrogens is 236 g/mol. The number of benzene rings is 2. The highest BCUT2D eigenvalue weighted by atomic mass is 16.3. The summed E-state index contributed by atoms with van der Waals surface area (Å²) in [7, 11) is 0. The zero-order valence-electron chi connectivity index (χ0n) is 11.0. The second-order valence-electron chi connectivity index (χ2n) is 4.10. The van der Waals surface area contributed by atoms with Crippen molar-refractivity contribution in [3.8, 4) is 11.5 Å². The summed E-state index contributed by atoms with van der Waals surface area (Å²) >= 11 is 0. The highest BCUT2D eigenvalue weighted by Gasteiger charge is 1.97. The number of phenols is 2. The largest absolute Gasteiger partial charge is 0.508 e. The summed E-state index contributed by atoms with van der Waals surface area (Å²) in [6.07, 6.45) is 1.69. The molecule has 0 fully saturated rings. The molecule has 0 aliphatic heterocycles. The van der Waals surface area contributed by atoms with Gasteiger partial charge in [0.1, 0.15) is 11.5 Å². The molecule has 0 aliphatic carbocycles. The van der Waals surface area contributed by atoms with Gasteiger partial charge in [0.15, 0.2) is 0 Å². The Morgan fingerprint density at radius 1 is 1.05 bits per heavy atom. The van der Waals surface area contributed by atoms with E-state index in [1.165, 1.54) is 0 Å². The molecule has 0 amide bonds. The first-order chi connectivity index (χ1) is 9.04. The van der Waals surface area contributed by atoms with Gasteiger partial charge in [0.25, 0.3) is 0 Å². The molecule has 0 spiro atoms. The Balaban J connectivity index is 0.000000191. The van der Waals surface area contributed by atoms with Crippen LogP contribution in [-0.2, 0) is 0 Å². The van der Waals surface area contributed by atoms with Crippen LogP contribution in [0.2, 0.25) is 0 Å². The lowest BCUT2D eigenvalue weighted by atomic mass is 10.1. The maximum absolute atomic E-state index is 9.22. The summed E-state index contributed by atoms with van der Waals surface area (Å²) in [5.74, 6) is 0.586. The zero-order chi connectivity index (χ0) is 14.3. The predicted molar refractivity (Wildman–Crippen MR) is 81.0 cm³/mol. The van der Waals surface area contributed by atoms with Crippen LogP contribution in [0, 0.1) is 0 Å². The van der Waals surface area contributed by atoms with Gasteiger partial charge in [-0.05, 0) is 36.3 Å². The molecule has 2 N–H and O–H groups in total. The quantitative estimate of drug-likeness (QED) is 0.830. The van der Waals surface area contributed by atoms with E-state index in [0.717, 1.165) is 16.7 Å². The number of rotatable bonds is 2. The molecule has 2 aromatic rings. The van der Waals surface area contributed by atoms with Gasteiger partial charge in [0.2, 0.25) is 0 Å². The van der Waals surface area contributed by atoms with Gasteiger partial charge in [-0.3, -0.25) is 0 Å². The molecule has 2 rings (SSSR count). The number of aromatic hydroxyl groups is 2. The van der Waals surface area contributed by atoms with Crippen LogP contribution in [0.3, 0.4) is 0 Å². The molecule has 0 heterocycles. The van der Waals surface area contributed by atoms with Crippen molar-refractivity contribution >= 4 is 11.6 Å². The van der Waals surface area contributed by atoms with Gasteiger partial charge in [-0.25, -0.2) is 0 Å². The van der Waals surface area contributed by atoms with Crippen LogP contribution in [0.4, 0.5) is 0 Å². The van der Waals surface area contributed by atoms with Crippen molar-refractivity contribution < 1.29 is 10.2 Å². The molecule has 0 aromatic heterocycles. The van der Waals surface area contributed by atoms with E-state index in [1.54, 1.807) is 36.4 Å². The van der Waals surface area contributed by atoms with Crippen LogP contribution in [0.1, 0.15) is 18.1 Å². The van der Waals surface area contributed by atoms with E-state index in [9.17, 15) is 5.11 Å². The molecule has 0 saturated heterocycles. The third-order valence-corrected chi connectivity index (χ3v) is 2.47. The van der Waals surface area contributed by atoms with Gasteiger partial charge < -0.3 is 10.2 Å². The van der Waals surface area contributed by atoms with Gasteiger partial charge in [-0.1, -0.05) is 49.6 Å². The van der Waals surface area contributed by atoms with E-state index in [-0.39, 0.29) is 5.75 Å². The molecule has 2 nitrogen and oxygen atoms in total. The lowest BCUT2D eigenvalue weighted by Gasteiger charge is -2.00. The van der Waals surface area contributed by atoms with Crippen molar-refractivity contribution in [3.05, 3.63) is 72.8 Å². The summed E-state index contributed by atoms with van der Waals surface area (Å²) in [5, 5.41) is 18.1. The summed E-state index contributed by atoms with van der Waals surface area (Å²) in [5.41, 5.74) is 2.65. The first-order valence-electron chi connectivity index (χ1n) is 5.90. The number of allylic oxidation sites excluding steroid dienone is 1. The maximum Gasteiger partial charge on any atom is 0.123 e. The molecule has 2 heteroatoms. The number of phenolic OH excluding ortho intramolecular Hbond substituents is 2. The monoisotopic (exact) mass is 254 g/mol. The second kappa shape index (κ2) is 7.07. The van der Waals surface area contributed by atoms with Crippen LogP contribution < -0.4 is 0 Å². The highest BCUT2D eigenvalue weighted by Crippen LogP contribution is 2.21. The molecule has 0 aliphatic rings. The van der Waals surface area contributed by atoms with Crippen LogP contribution in [0.15, 0.2) is 61.7 Å². The zero-order valence-corrected chi connectivity index (χ0v) is 11.0. The first kappa shape index (κ1) is 14.6. The van der Waals surface area contributed by atoms with Crippen molar-refractivity contribution in [2.45, 2.75) is 6.92 Å².